The van der Waals surface area contributed by atoms with E-state index in [4.69, 9.17) is 5.11 Å². The number of rotatable bonds is 6. The molecule has 2 nitrogen and oxygen atoms in total. The van der Waals surface area contributed by atoms with Gasteiger partial charge in [-0.3, -0.25) is 0 Å². The monoisotopic (exact) mass is 173 g/mol. The van der Waals surface area contributed by atoms with Crippen LogP contribution in [-0.2, 0) is 0 Å². The van der Waals surface area contributed by atoms with Crippen LogP contribution in [0.15, 0.2) is 0 Å². The molecule has 1 atom stereocenters. The second-order valence-corrected chi connectivity index (χ2v) is 3.95. The number of nitrogens with zero attached hydrogens (tertiary/aromatic N) is 1. The molecule has 0 aromatic heterocycles. The minimum Gasteiger partial charge on any atom is -0.396 e. The fourth-order valence-electron chi connectivity index (χ4n) is 1.35. The molecule has 2 heteroatoms. The number of aliphatic hydroxyl groups is 1. The summed E-state index contributed by atoms with van der Waals surface area (Å²) < 4.78 is 0. The van der Waals surface area contributed by atoms with Gasteiger partial charge in [0.1, 0.15) is 0 Å². The molecule has 0 heterocycles. The molecule has 0 fully saturated rings. The van der Waals surface area contributed by atoms with Gasteiger partial charge in [-0.1, -0.05) is 20.8 Å². The molecule has 0 amide bonds. The van der Waals surface area contributed by atoms with Crippen LogP contribution in [-0.4, -0.2) is 36.8 Å². The van der Waals surface area contributed by atoms with Gasteiger partial charge in [0.05, 0.1) is 0 Å². The molecule has 0 saturated heterocycles. The Kier molecular flexibility index (Phi) is 6.39. The lowest BCUT2D eigenvalue weighted by Gasteiger charge is -2.24. The number of aliphatic hydroxyl groups excluding tert-OH is 1. The summed E-state index contributed by atoms with van der Waals surface area (Å²) in [6.07, 6.45) is 1.19. The van der Waals surface area contributed by atoms with E-state index in [0.29, 0.717) is 18.4 Å². The SMILES string of the molecule is CCCN(C)CC(CO)C(C)C. The first-order valence-corrected chi connectivity index (χ1v) is 4.91. The second-order valence-electron chi connectivity index (χ2n) is 3.95. The van der Waals surface area contributed by atoms with Crippen LogP contribution in [0, 0.1) is 11.8 Å². The van der Waals surface area contributed by atoms with E-state index in [1.165, 1.54) is 6.42 Å². The van der Waals surface area contributed by atoms with Crippen molar-refractivity contribution in [2.75, 3.05) is 26.7 Å². The standard InChI is InChI=1S/C10H23NO/c1-5-6-11(4)7-10(8-12)9(2)3/h9-10,12H,5-8H2,1-4H3. The highest BCUT2D eigenvalue weighted by Gasteiger charge is 2.13. The van der Waals surface area contributed by atoms with Crippen LogP contribution >= 0.6 is 0 Å². The molecule has 0 aromatic rings. The highest BCUT2D eigenvalue weighted by molar-refractivity contribution is 4.65. The average molecular weight is 173 g/mol. The summed E-state index contributed by atoms with van der Waals surface area (Å²) in [6.45, 7) is 8.97. The first-order valence-electron chi connectivity index (χ1n) is 4.91. The topological polar surface area (TPSA) is 23.5 Å². The van der Waals surface area contributed by atoms with E-state index in [0.717, 1.165) is 13.1 Å². The molecule has 0 aliphatic carbocycles. The minimum absolute atomic E-state index is 0.311. The van der Waals surface area contributed by atoms with Crippen LogP contribution in [0.1, 0.15) is 27.2 Å². The van der Waals surface area contributed by atoms with Crippen LogP contribution < -0.4 is 0 Å². The van der Waals surface area contributed by atoms with Gasteiger partial charge in [0.25, 0.3) is 0 Å². The van der Waals surface area contributed by atoms with E-state index in [2.05, 4.69) is 32.7 Å². The fourth-order valence-corrected chi connectivity index (χ4v) is 1.35. The van der Waals surface area contributed by atoms with Crippen molar-refractivity contribution in [3.8, 4) is 0 Å². The highest BCUT2D eigenvalue weighted by Crippen LogP contribution is 2.10. The molecule has 0 aliphatic rings. The third-order valence-corrected chi connectivity index (χ3v) is 2.33. The lowest BCUT2D eigenvalue weighted by Crippen LogP contribution is -2.31. The zero-order valence-corrected chi connectivity index (χ0v) is 8.88. The van der Waals surface area contributed by atoms with Crippen LogP contribution in [0.3, 0.4) is 0 Å². The van der Waals surface area contributed by atoms with Gasteiger partial charge in [0.2, 0.25) is 0 Å². The van der Waals surface area contributed by atoms with Crippen molar-refractivity contribution in [3.05, 3.63) is 0 Å². The van der Waals surface area contributed by atoms with Crippen molar-refractivity contribution >= 4 is 0 Å². The van der Waals surface area contributed by atoms with E-state index >= 15 is 0 Å². The molecule has 1 unspecified atom stereocenters. The summed E-state index contributed by atoms with van der Waals surface area (Å²) in [5.41, 5.74) is 0. The lowest BCUT2D eigenvalue weighted by atomic mass is 9.96. The summed E-state index contributed by atoms with van der Waals surface area (Å²) in [4.78, 5) is 2.29. The molecule has 74 valence electrons. The largest absolute Gasteiger partial charge is 0.396 e. The van der Waals surface area contributed by atoms with E-state index < -0.39 is 0 Å². The third-order valence-electron chi connectivity index (χ3n) is 2.33. The molecule has 0 aliphatic heterocycles. The van der Waals surface area contributed by atoms with Crippen molar-refractivity contribution in [3.63, 3.8) is 0 Å². The van der Waals surface area contributed by atoms with Crippen LogP contribution in [0.5, 0.6) is 0 Å². The van der Waals surface area contributed by atoms with Crippen molar-refractivity contribution in [2.45, 2.75) is 27.2 Å². The van der Waals surface area contributed by atoms with Gasteiger partial charge in [-0.25, -0.2) is 0 Å². The van der Waals surface area contributed by atoms with Crippen molar-refractivity contribution in [2.24, 2.45) is 11.8 Å². The predicted octanol–water partition coefficient (Wildman–Crippen LogP) is 1.59. The normalized spacial score (nSPS) is 14.2. The van der Waals surface area contributed by atoms with Crippen molar-refractivity contribution in [1.82, 2.24) is 4.90 Å². The Morgan fingerprint density at radius 2 is 1.92 bits per heavy atom. The Bertz CT molecular complexity index is 104. The summed E-state index contributed by atoms with van der Waals surface area (Å²) in [7, 11) is 2.12. The Hall–Kier alpha value is -0.0800. The molecule has 0 radical (unpaired) electrons. The predicted molar refractivity (Wildman–Crippen MR) is 53.2 cm³/mol. The summed E-state index contributed by atoms with van der Waals surface area (Å²) in [5.74, 6) is 1.01. The average Bonchev–Trinajstić information content (AvgIpc) is 2.00. The van der Waals surface area contributed by atoms with E-state index in [1.54, 1.807) is 0 Å². The Morgan fingerprint density at radius 1 is 1.33 bits per heavy atom. The summed E-state index contributed by atoms with van der Waals surface area (Å²) >= 11 is 0. The third kappa shape index (κ3) is 4.73. The van der Waals surface area contributed by atoms with Gasteiger partial charge in [-0.15, -0.1) is 0 Å². The Morgan fingerprint density at radius 3 is 2.25 bits per heavy atom. The number of hydrogen-bond donors (Lipinski definition) is 1. The second kappa shape index (κ2) is 6.44. The van der Waals surface area contributed by atoms with Crippen LogP contribution in [0.4, 0.5) is 0 Å². The van der Waals surface area contributed by atoms with Gasteiger partial charge >= 0.3 is 0 Å². The van der Waals surface area contributed by atoms with E-state index in [9.17, 15) is 0 Å². The van der Waals surface area contributed by atoms with Gasteiger partial charge in [-0.2, -0.15) is 0 Å². The zero-order valence-electron chi connectivity index (χ0n) is 8.88. The first kappa shape index (κ1) is 11.9. The van der Waals surface area contributed by atoms with Crippen LogP contribution in [0.2, 0.25) is 0 Å². The van der Waals surface area contributed by atoms with Crippen molar-refractivity contribution in [1.29, 1.82) is 0 Å². The molecule has 0 aromatic carbocycles. The minimum atomic E-state index is 0.311. The quantitative estimate of drug-likeness (QED) is 0.659. The molecule has 0 rings (SSSR count). The van der Waals surface area contributed by atoms with E-state index in [-0.39, 0.29) is 0 Å². The summed E-state index contributed by atoms with van der Waals surface area (Å²) in [5, 5.41) is 9.09. The fraction of sp³-hybridized carbons (Fsp3) is 1.00. The lowest BCUT2D eigenvalue weighted by molar-refractivity contribution is 0.146. The molecule has 12 heavy (non-hydrogen) atoms. The maximum atomic E-state index is 9.09. The zero-order chi connectivity index (χ0) is 9.56. The molecular formula is C10H23NO. The molecular weight excluding hydrogens is 150 g/mol. The van der Waals surface area contributed by atoms with E-state index in [1.807, 2.05) is 0 Å². The van der Waals surface area contributed by atoms with Gasteiger partial charge in [-0.05, 0) is 31.8 Å². The molecule has 0 bridgehead atoms. The molecule has 0 spiro atoms. The first-order chi connectivity index (χ1) is 5.61. The smallest absolute Gasteiger partial charge is 0.0473 e. The Balaban J connectivity index is 3.69. The van der Waals surface area contributed by atoms with Crippen molar-refractivity contribution < 1.29 is 5.11 Å². The van der Waals surface area contributed by atoms with Crippen LogP contribution in [0.25, 0.3) is 0 Å². The van der Waals surface area contributed by atoms with Gasteiger partial charge in [0, 0.05) is 13.2 Å². The van der Waals surface area contributed by atoms with Gasteiger partial charge < -0.3 is 10.0 Å². The Labute approximate surface area is 76.6 Å². The number of hydrogen-bond acceptors (Lipinski definition) is 2. The molecule has 0 saturated carbocycles. The summed E-state index contributed by atoms with van der Waals surface area (Å²) in [6, 6.07) is 0. The maximum absolute atomic E-state index is 9.09. The maximum Gasteiger partial charge on any atom is 0.0473 e. The highest BCUT2D eigenvalue weighted by atomic mass is 16.3. The van der Waals surface area contributed by atoms with Gasteiger partial charge in [0.15, 0.2) is 0 Å². The molecule has 1 N–H and O–H groups in total.